The second kappa shape index (κ2) is 1.85. The zero-order valence-corrected chi connectivity index (χ0v) is 5.83. The summed E-state index contributed by atoms with van der Waals surface area (Å²) >= 11 is 0. The number of hydrogen-bond acceptors (Lipinski definition) is 1. The van der Waals surface area contributed by atoms with E-state index in [1.54, 1.807) is 0 Å². The molecule has 0 aliphatic heterocycles. The molecule has 0 fully saturated rings. The molecule has 0 aliphatic rings. The van der Waals surface area contributed by atoms with Gasteiger partial charge in [0.1, 0.15) is 0 Å². The van der Waals surface area contributed by atoms with E-state index in [9.17, 15) is 0 Å². The van der Waals surface area contributed by atoms with E-state index in [0.717, 1.165) is 13.7 Å². The smallest absolute Gasteiger partial charge is 0.0742 e. The second-order valence-electron chi connectivity index (χ2n) is 1.91. The van der Waals surface area contributed by atoms with Crippen LogP contribution in [0, 0.1) is 0 Å². The van der Waals surface area contributed by atoms with Crippen molar-refractivity contribution in [1.82, 2.24) is 4.98 Å². The lowest BCUT2D eigenvalue weighted by atomic mass is 10.4. The van der Waals surface area contributed by atoms with E-state index in [1.807, 2.05) is 12.3 Å². The Labute approximate surface area is 54.8 Å². The lowest BCUT2D eigenvalue weighted by molar-refractivity contribution is 1.43. The van der Waals surface area contributed by atoms with Crippen LogP contribution >= 0.6 is 8.19 Å². The van der Waals surface area contributed by atoms with E-state index in [0.29, 0.717) is 0 Å². The van der Waals surface area contributed by atoms with Gasteiger partial charge < -0.3 is 0 Å². The molecule has 0 aliphatic carbocycles. The number of aromatic nitrogens is 1. The Morgan fingerprint density at radius 2 is 2.33 bits per heavy atom. The molecule has 0 aromatic carbocycles. The molecule has 44 valence electrons. The van der Waals surface area contributed by atoms with Gasteiger partial charge in [-0.3, -0.25) is 4.98 Å². The van der Waals surface area contributed by atoms with Crippen molar-refractivity contribution in [2.45, 2.75) is 0 Å². The van der Waals surface area contributed by atoms with Gasteiger partial charge >= 0.3 is 0 Å². The van der Waals surface area contributed by atoms with Gasteiger partial charge in [-0.25, -0.2) is 0 Å². The predicted octanol–water partition coefficient (Wildman–Crippen LogP) is 2.27. The van der Waals surface area contributed by atoms with Crippen LogP contribution < -0.4 is 0 Å². The second-order valence-corrected chi connectivity index (χ2v) is 3.07. The highest BCUT2D eigenvalue weighted by Gasteiger charge is 1.88. The van der Waals surface area contributed by atoms with Crippen LogP contribution in [0.1, 0.15) is 0 Å². The van der Waals surface area contributed by atoms with Gasteiger partial charge in [0.2, 0.25) is 0 Å². The minimum atomic E-state index is 0.837. The van der Waals surface area contributed by atoms with Crippen molar-refractivity contribution in [2.75, 3.05) is 0 Å². The van der Waals surface area contributed by atoms with Crippen molar-refractivity contribution in [2.24, 2.45) is 0 Å². The highest BCUT2D eigenvalue weighted by molar-refractivity contribution is 7.36. The number of fused-ring (bicyclic) bond motifs is 1. The van der Waals surface area contributed by atoms with E-state index in [1.165, 1.54) is 5.12 Å². The molecule has 2 rings (SSSR count). The zero-order valence-electron chi connectivity index (χ0n) is 4.83. The summed E-state index contributed by atoms with van der Waals surface area (Å²) in [7, 11) is 0.837. The average molecular weight is 135 g/mol. The molecule has 2 heterocycles. The van der Waals surface area contributed by atoms with Gasteiger partial charge in [0.05, 0.1) is 5.52 Å². The molecule has 0 saturated heterocycles. The Balaban J connectivity index is 2.95. The predicted molar refractivity (Wildman–Crippen MR) is 41.2 cm³/mol. The fourth-order valence-corrected chi connectivity index (χ4v) is 1.79. The molecule has 1 unspecified atom stereocenters. The minimum Gasteiger partial charge on any atom is -0.256 e. The lowest BCUT2D eigenvalue weighted by Gasteiger charge is -1.82. The van der Waals surface area contributed by atoms with Gasteiger partial charge in [-0.15, -0.1) is 8.19 Å². The third kappa shape index (κ3) is 0.739. The monoisotopic (exact) mass is 135 g/mol. The Kier molecular flexibility index (Phi) is 1.03. The van der Waals surface area contributed by atoms with Crippen LogP contribution in [-0.4, -0.2) is 4.98 Å². The fraction of sp³-hybridized carbons (Fsp3) is 0. The molecule has 2 aromatic rings. The van der Waals surface area contributed by atoms with E-state index >= 15 is 0 Å². The van der Waals surface area contributed by atoms with Gasteiger partial charge in [-0.2, -0.15) is 0 Å². The largest absolute Gasteiger partial charge is 0.256 e. The Morgan fingerprint density at radius 1 is 1.33 bits per heavy atom. The Bertz CT molecular complexity index is 283. The SMILES string of the molecule is c1cnc2cc[pH]c2c1. The molecule has 0 bridgehead atoms. The summed E-state index contributed by atoms with van der Waals surface area (Å²) in [6, 6.07) is 6.19. The van der Waals surface area contributed by atoms with Crippen molar-refractivity contribution in [3.63, 3.8) is 0 Å². The van der Waals surface area contributed by atoms with Crippen LogP contribution in [0.4, 0.5) is 0 Å². The van der Waals surface area contributed by atoms with Crippen LogP contribution in [-0.2, 0) is 0 Å². The summed E-state index contributed by atoms with van der Waals surface area (Å²) in [4.78, 5) is 4.18. The summed E-state index contributed by atoms with van der Waals surface area (Å²) in [5.74, 6) is 2.16. The van der Waals surface area contributed by atoms with Gasteiger partial charge in [-0.05, 0) is 24.0 Å². The maximum atomic E-state index is 4.18. The molecule has 0 saturated carbocycles. The number of hydrogen-bond donors (Lipinski definition) is 0. The normalized spacial score (nSPS) is 11.1. The lowest BCUT2D eigenvalue weighted by Crippen LogP contribution is -1.65. The van der Waals surface area contributed by atoms with Gasteiger partial charge in [0, 0.05) is 11.3 Å². The fourth-order valence-electron chi connectivity index (χ4n) is 0.883. The molecule has 0 amide bonds. The molecule has 0 radical (unpaired) electrons. The summed E-state index contributed by atoms with van der Waals surface area (Å²) in [5, 5.41) is 1.37. The van der Waals surface area contributed by atoms with Crippen LogP contribution in [0.15, 0.2) is 30.2 Å². The standard InChI is InChI=1S/C7H6NP/c1-2-7-6(8-4-1)3-5-9-7/h1-5,9H. The van der Waals surface area contributed by atoms with Gasteiger partial charge in [0.15, 0.2) is 0 Å². The van der Waals surface area contributed by atoms with Crippen LogP contribution in [0.2, 0.25) is 0 Å². The van der Waals surface area contributed by atoms with E-state index in [4.69, 9.17) is 0 Å². The first kappa shape index (κ1) is 5.01. The minimum absolute atomic E-state index is 0.837. The Morgan fingerprint density at radius 3 is 3.22 bits per heavy atom. The third-order valence-electron chi connectivity index (χ3n) is 1.32. The van der Waals surface area contributed by atoms with Crippen LogP contribution in [0.25, 0.3) is 10.6 Å². The zero-order chi connectivity index (χ0) is 6.10. The summed E-state index contributed by atoms with van der Waals surface area (Å²) < 4.78 is 0. The molecule has 0 spiro atoms. The average Bonchev–Trinajstić information content (AvgIpc) is 2.33. The van der Waals surface area contributed by atoms with Gasteiger partial charge in [-0.1, -0.05) is 0 Å². The molecule has 1 atom stereocenters. The van der Waals surface area contributed by atoms with Crippen molar-refractivity contribution in [3.8, 4) is 0 Å². The maximum absolute atomic E-state index is 4.18. The maximum Gasteiger partial charge on any atom is 0.0742 e. The summed E-state index contributed by atoms with van der Waals surface area (Å²) in [6.45, 7) is 0. The van der Waals surface area contributed by atoms with E-state index in [-0.39, 0.29) is 0 Å². The molecular formula is C7H6NP. The van der Waals surface area contributed by atoms with Crippen molar-refractivity contribution in [3.05, 3.63) is 30.2 Å². The molecule has 0 N–H and O–H groups in total. The van der Waals surface area contributed by atoms with Crippen molar-refractivity contribution in [1.29, 1.82) is 0 Å². The molecular weight excluding hydrogens is 129 g/mol. The first-order chi connectivity index (χ1) is 4.47. The quantitative estimate of drug-likeness (QED) is 0.540. The summed E-state index contributed by atoms with van der Waals surface area (Å²) in [5.41, 5.74) is 1.15. The van der Waals surface area contributed by atoms with Gasteiger partial charge in [0.25, 0.3) is 0 Å². The van der Waals surface area contributed by atoms with E-state index in [2.05, 4.69) is 22.9 Å². The first-order valence-electron chi connectivity index (χ1n) is 2.85. The number of nitrogens with zero attached hydrogens (tertiary/aromatic N) is 1. The first-order valence-corrected chi connectivity index (χ1v) is 3.93. The van der Waals surface area contributed by atoms with E-state index < -0.39 is 0 Å². The molecule has 9 heavy (non-hydrogen) atoms. The van der Waals surface area contributed by atoms with Crippen LogP contribution in [0.5, 0.6) is 0 Å². The number of pyridine rings is 1. The van der Waals surface area contributed by atoms with Crippen molar-refractivity contribution >= 4 is 18.8 Å². The molecule has 2 heteroatoms. The van der Waals surface area contributed by atoms with Crippen LogP contribution in [0.3, 0.4) is 0 Å². The highest BCUT2D eigenvalue weighted by Crippen LogP contribution is 2.21. The third-order valence-corrected chi connectivity index (χ3v) is 2.39. The summed E-state index contributed by atoms with van der Waals surface area (Å²) in [6.07, 6.45) is 1.83. The highest BCUT2D eigenvalue weighted by atomic mass is 31.0. The molecule has 1 nitrogen and oxygen atoms in total. The topological polar surface area (TPSA) is 12.9 Å². The Hall–Kier alpha value is -0.810. The number of rotatable bonds is 0. The molecule has 2 aromatic heterocycles. The van der Waals surface area contributed by atoms with Crippen molar-refractivity contribution < 1.29 is 0 Å².